The Balaban J connectivity index is 1.57. The van der Waals surface area contributed by atoms with Crippen LogP contribution in [0.5, 0.6) is 0 Å². The maximum Gasteiger partial charge on any atom is 0.253 e. The average molecular weight is 356 g/mol. The van der Waals surface area contributed by atoms with Crippen LogP contribution < -0.4 is 10.6 Å². The van der Waals surface area contributed by atoms with Gasteiger partial charge in [-0.1, -0.05) is 12.1 Å². The summed E-state index contributed by atoms with van der Waals surface area (Å²) in [6.07, 6.45) is 2.26. The van der Waals surface area contributed by atoms with E-state index in [1.807, 2.05) is 13.0 Å². The van der Waals surface area contributed by atoms with Crippen LogP contribution in [0, 0.1) is 6.92 Å². The summed E-state index contributed by atoms with van der Waals surface area (Å²) in [6.45, 7) is 1.94. The summed E-state index contributed by atoms with van der Waals surface area (Å²) in [7, 11) is 0. The molecule has 0 spiro atoms. The number of nitrogens with one attached hydrogen (secondary N) is 2. The molecule has 2 amide bonds. The van der Waals surface area contributed by atoms with Crippen molar-refractivity contribution in [2.75, 3.05) is 5.32 Å². The van der Waals surface area contributed by atoms with Gasteiger partial charge in [0.15, 0.2) is 5.78 Å². The first-order chi connectivity index (χ1) is 12.0. The van der Waals surface area contributed by atoms with Crippen LogP contribution >= 0.6 is 11.3 Å². The van der Waals surface area contributed by atoms with Gasteiger partial charge in [0.25, 0.3) is 5.91 Å². The number of carbonyl (C=O) groups excluding carboxylic acids is 3. The van der Waals surface area contributed by atoms with E-state index in [2.05, 4.69) is 10.6 Å². The zero-order valence-electron chi connectivity index (χ0n) is 14.0. The van der Waals surface area contributed by atoms with E-state index < -0.39 is 0 Å². The Hall–Kier alpha value is -2.47. The second-order valence-electron chi connectivity index (χ2n) is 6.17. The van der Waals surface area contributed by atoms with Gasteiger partial charge < -0.3 is 10.6 Å². The van der Waals surface area contributed by atoms with Crippen LogP contribution in [-0.2, 0) is 4.79 Å². The van der Waals surface area contributed by atoms with Crippen molar-refractivity contribution >= 4 is 34.6 Å². The van der Waals surface area contributed by atoms with Crippen molar-refractivity contribution in [3.63, 3.8) is 0 Å². The van der Waals surface area contributed by atoms with E-state index in [4.69, 9.17) is 0 Å². The molecular weight excluding hydrogens is 336 g/mol. The number of carbonyl (C=O) groups is 3. The standard InChI is InChI=1S/C19H20N2O3S/c1-12-6-10-17(25-12)16(22)9-11-18(23)21-15-5-3-2-4-14(15)19(24)20-13-7-8-13/h2-6,10,13H,7-9,11H2,1H3,(H,20,24)(H,21,23). The van der Waals surface area contributed by atoms with Crippen molar-refractivity contribution in [1.29, 1.82) is 0 Å². The maximum atomic E-state index is 12.2. The fraction of sp³-hybridized carbons (Fsp3) is 0.316. The van der Waals surface area contributed by atoms with Crippen LogP contribution in [0.1, 0.15) is 50.6 Å². The Kier molecular flexibility index (Phi) is 5.28. The number of rotatable bonds is 7. The molecule has 1 aromatic heterocycles. The third-order valence-corrected chi connectivity index (χ3v) is 4.99. The highest BCUT2D eigenvalue weighted by molar-refractivity contribution is 7.14. The van der Waals surface area contributed by atoms with Crippen LogP contribution in [0.25, 0.3) is 0 Å². The number of thiophene rings is 1. The summed E-state index contributed by atoms with van der Waals surface area (Å²) in [5, 5.41) is 5.66. The van der Waals surface area contributed by atoms with Crippen molar-refractivity contribution in [2.24, 2.45) is 0 Å². The molecule has 1 fully saturated rings. The predicted molar refractivity (Wildman–Crippen MR) is 98.2 cm³/mol. The summed E-state index contributed by atoms with van der Waals surface area (Å²) in [5.41, 5.74) is 0.924. The molecule has 0 atom stereocenters. The molecule has 3 rings (SSSR count). The highest BCUT2D eigenvalue weighted by Gasteiger charge is 2.25. The Labute approximate surface area is 150 Å². The highest BCUT2D eigenvalue weighted by Crippen LogP contribution is 2.22. The Morgan fingerprint density at radius 1 is 1.08 bits per heavy atom. The van der Waals surface area contributed by atoms with Gasteiger partial charge in [0, 0.05) is 23.8 Å². The zero-order valence-corrected chi connectivity index (χ0v) is 14.8. The number of benzene rings is 1. The smallest absolute Gasteiger partial charge is 0.253 e. The minimum absolute atomic E-state index is 0.0342. The van der Waals surface area contributed by atoms with E-state index >= 15 is 0 Å². The molecule has 1 heterocycles. The Morgan fingerprint density at radius 3 is 2.52 bits per heavy atom. The van der Waals surface area contributed by atoms with Gasteiger partial charge in [-0.25, -0.2) is 0 Å². The molecule has 6 heteroatoms. The third-order valence-electron chi connectivity index (χ3n) is 3.95. The number of para-hydroxylation sites is 1. The van der Waals surface area contributed by atoms with Gasteiger partial charge in [-0.05, 0) is 44.0 Å². The fourth-order valence-corrected chi connectivity index (χ4v) is 3.26. The summed E-state index contributed by atoms with van der Waals surface area (Å²) in [5.74, 6) is -0.482. The highest BCUT2D eigenvalue weighted by atomic mass is 32.1. The predicted octanol–water partition coefficient (Wildman–Crippen LogP) is 3.55. The second kappa shape index (κ2) is 7.61. The molecule has 1 aromatic carbocycles. The molecule has 1 aliphatic rings. The van der Waals surface area contributed by atoms with Gasteiger partial charge in [-0.2, -0.15) is 0 Å². The lowest BCUT2D eigenvalue weighted by molar-refractivity contribution is -0.116. The molecule has 0 unspecified atom stereocenters. The van der Waals surface area contributed by atoms with Crippen molar-refractivity contribution in [2.45, 2.75) is 38.6 Å². The molecule has 25 heavy (non-hydrogen) atoms. The minimum Gasteiger partial charge on any atom is -0.349 e. The lowest BCUT2D eigenvalue weighted by atomic mass is 10.1. The first kappa shape index (κ1) is 17.4. The van der Waals surface area contributed by atoms with Crippen molar-refractivity contribution in [3.05, 3.63) is 51.7 Å². The summed E-state index contributed by atoms with van der Waals surface area (Å²) in [4.78, 5) is 38.2. The van der Waals surface area contributed by atoms with E-state index in [9.17, 15) is 14.4 Å². The van der Waals surface area contributed by atoms with Crippen LogP contribution in [0.4, 0.5) is 5.69 Å². The van der Waals surface area contributed by atoms with E-state index in [0.29, 0.717) is 16.1 Å². The van der Waals surface area contributed by atoms with Crippen LogP contribution in [0.2, 0.25) is 0 Å². The van der Waals surface area contributed by atoms with Crippen molar-refractivity contribution in [1.82, 2.24) is 5.32 Å². The quantitative estimate of drug-likeness (QED) is 0.745. The normalized spacial score (nSPS) is 13.3. The largest absolute Gasteiger partial charge is 0.349 e. The molecule has 0 saturated heterocycles. The fourth-order valence-electron chi connectivity index (χ4n) is 2.43. The minimum atomic E-state index is -0.270. The number of anilines is 1. The molecule has 1 saturated carbocycles. The molecule has 2 N–H and O–H groups in total. The first-order valence-electron chi connectivity index (χ1n) is 8.32. The van der Waals surface area contributed by atoms with Crippen LogP contribution in [-0.4, -0.2) is 23.6 Å². The lowest BCUT2D eigenvalue weighted by Gasteiger charge is -2.11. The first-order valence-corrected chi connectivity index (χ1v) is 9.14. The van der Waals surface area contributed by atoms with E-state index in [-0.39, 0.29) is 36.5 Å². The zero-order chi connectivity index (χ0) is 17.8. The van der Waals surface area contributed by atoms with Gasteiger partial charge in [0.05, 0.1) is 16.1 Å². The Bertz CT molecular complexity index is 809. The molecular formula is C19H20N2O3S. The van der Waals surface area contributed by atoms with Gasteiger partial charge in [0.1, 0.15) is 0 Å². The number of hydrogen-bond acceptors (Lipinski definition) is 4. The number of Topliss-reactive ketones (excluding diaryl/α,β-unsaturated/α-hetero) is 1. The van der Waals surface area contributed by atoms with Gasteiger partial charge in [-0.15, -0.1) is 11.3 Å². The van der Waals surface area contributed by atoms with E-state index in [1.54, 1.807) is 30.3 Å². The van der Waals surface area contributed by atoms with Gasteiger partial charge in [0.2, 0.25) is 5.91 Å². The maximum absolute atomic E-state index is 12.2. The van der Waals surface area contributed by atoms with Gasteiger partial charge >= 0.3 is 0 Å². The Morgan fingerprint density at radius 2 is 1.84 bits per heavy atom. The van der Waals surface area contributed by atoms with Crippen molar-refractivity contribution < 1.29 is 14.4 Å². The molecule has 130 valence electrons. The monoisotopic (exact) mass is 356 g/mol. The van der Waals surface area contributed by atoms with Crippen LogP contribution in [0.15, 0.2) is 36.4 Å². The molecule has 2 aromatic rings. The second-order valence-corrected chi connectivity index (χ2v) is 7.46. The number of hydrogen-bond donors (Lipinski definition) is 2. The van der Waals surface area contributed by atoms with Crippen molar-refractivity contribution in [3.8, 4) is 0 Å². The SMILES string of the molecule is Cc1ccc(C(=O)CCC(=O)Nc2ccccc2C(=O)NC2CC2)s1. The molecule has 1 aliphatic carbocycles. The van der Waals surface area contributed by atoms with E-state index in [0.717, 1.165) is 17.7 Å². The molecule has 0 bridgehead atoms. The number of ketones is 1. The number of aryl methyl sites for hydroxylation is 1. The molecule has 0 radical (unpaired) electrons. The molecule has 0 aliphatic heterocycles. The van der Waals surface area contributed by atoms with Crippen LogP contribution in [0.3, 0.4) is 0 Å². The lowest BCUT2D eigenvalue weighted by Crippen LogP contribution is -2.27. The summed E-state index contributed by atoms with van der Waals surface area (Å²) >= 11 is 1.44. The van der Waals surface area contributed by atoms with Gasteiger partial charge in [-0.3, -0.25) is 14.4 Å². The molecule has 5 nitrogen and oxygen atoms in total. The third kappa shape index (κ3) is 4.76. The summed E-state index contributed by atoms with van der Waals surface area (Å²) in [6, 6.07) is 10.9. The topological polar surface area (TPSA) is 75.3 Å². The average Bonchev–Trinajstić information content (AvgIpc) is 3.30. The summed E-state index contributed by atoms with van der Waals surface area (Å²) < 4.78 is 0. The number of amides is 2. The van der Waals surface area contributed by atoms with E-state index in [1.165, 1.54) is 11.3 Å².